The van der Waals surface area contributed by atoms with Gasteiger partial charge in [-0.15, -0.1) is 0 Å². The van der Waals surface area contributed by atoms with Crippen LogP contribution in [-0.4, -0.2) is 18.9 Å². The zero-order chi connectivity index (χ0) is 13.1. The smallest absolute Gasteiger partial charge is 0.341 e. The maximum atomic E-state index is 12.8. The number of methoxy groups -OCH3 is 1. The Morgan fingerprint density at radius 3 is 2.56 bits per heavy atom. The highest BCUT2D eigenvalue weighted by atomic mass is 19.1. The van der Waals surface area contributed by atoms with Gasteiger partial charge in [-0.1, -0.05) is 24.3 Å². The summed E-state index contributed by atoms with van der Waals surface area (Å²) in [6, 6.07) is 5.63. The summed E-state index contributed by atoms with van der Waals surface area (Å²) in [4.78, 5) is 23.5. The van der Waals surface area contributed by atoms with Crippen molar-refractivity contribution in [1.29, 1.82) is 0 Å². The monoisotopic (exact) mass is 246 g/mol. The number of esters is 1. The number of benzene rings is 1. The van der Waals surface area contributed by atoms with Crippen LogP contribution in [0.1, 0.15) is 11.5 Å². The fraction of sp³-hybridized carbons (Fsp3) is 0.143. The number of hydrogen-bond acceptors (Lipinski definition) is 3. The fourth-order valence-corrected chi connectivity index (χ4v) is 1.81. The molecule has 0 aliphatic heterocycles. The van der Waals surface area contributed by atoms with Crippen LogP contribution >= 0.6 is 0 Å². The zero-order valence-corrected chi connectivity index (χ0v) is 9.72. The number of ether oxygens (including phenoxy) is 1. The number of carbonyl (C=O) groups is 2. The Balaban J connectivity index is 2.30. The van der Waals surface area contributed by atoms with Crippen molar-refractivity contribution in [2.75, 3.05) is 7.11 Å². The molecule has 0 amide bonds. The Labute approximate surface area is 104 Å². The molecule has 1 unspecified atom stereocenters. The molecule has 18 heavy (non-hydrogen) atoms. The van der Waals surface area contributed by atoms with Crippen LogP contribution in [0.5, 0.6) is 0 Å². The van der Waals surface area contributed by atoms with Gasteiger partial charge in [0.25, 0.3) is 0 Å². The molecule has 0 saturated heterocycles. The van der Waals surface area contributed by atoms with E-state index in [4.69, 9.17) is 0 Å². The van der Waals surface area contributed by atoms with Gasteiger partial charge in [-0.05, 0) is 23.8 Å². The van der Waals surface area contributed by atoms with Crippen molar-refractivity contribution in [3.05, 3.63) is 59.4 Å². The van der Waals surface area contributed by atoms with Gasteiger partial charge < -0.3 is 4.74 Å². The van der Waals surface area contributed by atoms with Crippen LogP contribution < -0.4 is 0 Å². The van der Waals surface area contributed by atoms with Crippen molar-refractivity contribution in [2.24, 2.45) is 0 Å². The lowest BCUT2D eigenvalue weighted by atomic mass is 9.87. The highest BCUT2D eigenvalue weighted by Gasteiger charge is 2.28. The lowest BCUT2D eigenvalue weighted by Crippen LogP contribution is -2.22. The van der Waals surface area contributed by atoms with Crippen LogP contribution in [0.25, 0.3) is 0 Å². The Hall–Kier alpha value is -2.23. The van der Waals surface area contributed by atoms with Crippen molar-refractivity contribution < 1.29 is 18.7 Å². The molecule has 0 radical (unpaired) electrons. The summed E-state index contributed by atoms with van der Waals surface area (Å²) in [5, 5.41) is 0. The average Bonchev–Trinajstić information content (AvgIpc) is 2.39. The minimum absolute atomic E-state index is 0.00863. The predicted molar refractivity (Wildman–Crippen MR) is 63.4 cm³/mol. The molecular weight excluding hydrogens is 235 g/mol. The molecule has 1 aromatic carbocycles. The van der Waals surface area contributed by atoms with Gasteiger partial charge in [-0.3, -0.25) is 4.79 Å². The molecule has 1 aliphatic carbocycles. The number of hydrogen-bond donors (Lipinski definition) is 0. The summed E-state index contributed by atoms with van der Waals surface area (Å²) in [5.74, 6) is -1.92. The first-order valence-corrected chi connectivity index (χ1v) is 5.40. The lowest BCUT2D eigenvalue weighted by molar-refractivity contribution is -0.137. The third kappa shape index (κ3) is 2.22. The molecule has 4 heteroatoms. The summed E-state index contributed by atoms with van der Waals surface area (Å²) in [6.07, 6.45) is 4.72. The molecular formula is C14H11FO3. The fourth-order valence-electron chi connectivity index (χ4n) is 1.81. The molecule has 3 nitrogen and oxygen atoms in total. The van der Waals surface area contributed by atoms with E-state index in [1.807, 2.05) is 0 Å². The molecule has 0 bridgehead atoms. The Morgan fingerprint density at radius 2 is 1.94 bits per heavy atom. The minimum Gasteiger partial charge on any atom is -0.465 e. The third-order valence-corrected chi connectivity index (χ3v) is 2.75. The van der Waals surface area contributed by atoms with Crippen molar-refractivity contribution in [2.45, 2.75) is 5.92 Å². The van der Waals surface area contributed by atoms with E-state index in [0.717, 1.165) is 0 Å². The van der Waals surface area contributed by atoms with Crippen molar-refractivity contribution in [1.82, 2.24) is 0 Å². The van der Waals surface area contributed by atoms with Gasteiger partial charge in [0.2, 0.25) is 0 Å². The third-order valence-electron chi connectivity index (χ3n) is 2.75. The first-order valence-electron chi connectivity index (χ1n) is 5.40. The summed E-state index contributed by atoms with van der Waals surface area (Å²) >= 11 is 0. The van der Waals surface area contributed by atoms with E-state index in [2.05, 4.69) is 4.74 Å². The number of halogens is 1. The number of Topliss-reactive ketones (excluding diaryl/α,β-unsaturated/α-hetero) is 1. The maximum absolute atomic E-state index is 12.8. The molecule has 0 spiro atoms. The first kappa shape index (κ1) is 12.2. The molecule has 0 aromatic heterocycles. The van der Waals surface area contributed by atoms with E-state index in [1.165, 1.54) is 37.5 Å². The largest absolute Gasteiger partial charge is 0.465 e. The van der Waals surface area contributed by atoms with Crippen molar-refractivity contribution in [3.8, 4) is 0 Å². The molecule has 0 fully saturated rings. The van der Waals surface area contributed by atoms with Crippen LogP contribution in [0.15, 0.2) is 48.1 Å². The summed E-state index contributed by atoms with van der Waals surface area (Å²) in [7, 11) is 1.22. The predicted octanol–water partition coefficient (Wildman–Crippen LogP) is 2.15. The normalized spacial score (nSPS) is 18.4. The van der Waals surface area contributed by atoms with E-state index in [9.17, 15) is 14.0 Å². The van der Waals surface area contributed by atoms with Crippen LogP contribution in [0.3, 0.4) is 0 Å². The standard InChI is InChI=1S/C14H11FO3/c1-18-14(17)12-4-2-3-11(13(12)16)9-5-7-10(15)8-6-9/h2-8,11H,1H3. The SMILES string of the molecule is COC(=O)C1=CC=CC(c2ccc(F)cc2)C1=O. The van der Waals surface area contributed by atoms with E-state index in [1.54, 1.807) is 12.2 Å². The van der Waals surface area contributed by atoms with E-state index in [-0.39, 0.29) is 17.2 Å². The van der Waals surface area contributed by atoms with Gasteiger partial charge in [0, 0.05) is 0 Å². The van der Waals surface area contributed by atoms with Gasteiger partial charge in [-0.25, -0.2) is 9.18 Å². The molecule has 1 atom stereocenters. The topological polar surface area (TPSA) is 43.4 Å². The summed E-state index contributed by atoms with van der Waals surface area (Å²) in [5.41, 5.74) is 0.654. The van der Waals surface area contributed by atoms with Crippen LogP contribution in [0.2, 0.25) is 0 Å². The van der Waals surface area contributed by atoms with E-state index < -0.39 is 11.9 Å². The van der Waals surface area contributed by atoms with Gasteiger partial charge in [0.1, 0.15) is 11.4 Å². The van der Waals surface area contributed by atoms with E-state index in [0.29, 0.717) is 5.56 Å². The highest BCUT2D eigenvalue weighted by Crippen LogP contribution is 2.26. The Morgan fingerprint density at radius 1 is 1.28 bits per heavy atom. The molecule has 2 rings (SSSR count). The highest BCUT2D eigenvalue weighted by molar-refractivity contribution is 6.20. The summed E-state index contributed by atoms with van der Waals surface area (Å²) < 4.78 is 17.4. The van der Waals surface area contributed by atoms with Crippen LogP contribution in [0.4, 0.5) is 4.39 Å². The van der Waals surface area contributed by atoms with Crippen molar-refractivity contribution >= 4 is 11.8 Å². The number of carbonyl (C=O) groups excluding carboxylic acids is 2. The maximum Gasteiger partial charge on any atom is 0.341 e. The van der Waals surface area contributed by atoms with E-state index >= 15 is 0 Å². The van der Waals surface area contributed by atoms with Crippen LogP contribution in [-0.2, 0) is 14.3 Å². The molecule has 1 aliphatic rings. The number of allylic oxidation sites excluding steroid dienone is 3. The van der Waals surface area contributed by atoms with Gasteiger partial charge in [0.05, 0.1) is 13.0 Å². The van der Waals surface area contributed by atoms with Crippen molar-refractivity contribution in [3.63, 3.8) is 0 Å². The minimum atomic E-state index is -0.656. The first-order chi connectivity index (χ1) is 8.63. The zero-order valence-electron chi connectivity index (χ0n) is 9.72. The Bertz CT molecular complexity index is 541. The Kier molecular flexibility index (Phi) is 3.37. The van der Waals surface area contributed by atoms with Gasteiger partial charge >= 0.3 is 5.97 Å². The second-order valence-electron chi connectivity index (χ2n) is 3.85. The molecule has 0 saturated carbocycles. The second-order valence-corrected chi connectivity index (χ2v) is 3.85. The second kappa shape index (κ2) is 4.96. The number of rotatable bonds is 2. The van der Waals surface area contributed by atoms with Gasteiger partial charge in [-0.2, -0.15) is 0 Å². The average molecular weight is 246 g/mol. The quantitative estimate of drug-likeness (QED) is 0.593. The van der Waals surface area contributed by atoms with Gasteiger partial charge in [0.15, 0.2) is 5.78 Å². The van der Waals surface area contributed by atoms with Crippen LogP contribution in [0, 0.1) is 5.82 Å². The molecule has 1 aromatic rings. The molecule has 0 N–H and O–H groups in total. The molecule has 0 heterocycles. The molecule has 92 valence electrons. The number of ketones is 1. The summed E-state index contributed by atoms with van der Waals surface area (Å²) in [6.45, 7) is 0. The lowest BCUT2D eigenvalue weighted by Gasteiger charge is -2.16.